The van der Waals surface area contributed by atoms with Gasteiger partial charge in [0.05, 0.1) is 19.3 Å². The van der Waals surface area contributed by atoms with Crippen LogP contribution in [0.1, 0.15) is 19.3 Å². The van der Waals surface area contributed by atoms with Gasteiger partial charge in [0, 0.05) is 13.1 Å². The summed E-state index contributed by atoms with van der Waals surface area (Å²) < 4.78 is 5.18. The topological polar surface area (TPSA) is 39.5 Å². The minimum Gasteiger partial charge on any atom is -0.378 e. The molecule has 0 spiro atoms. The Labute approximate surface area is 110 Å². The van der Waals surface area contributed by atoms with E-state index in [4.69, 9.17) is 4.74 Å². The van der Waals surface area contributed by atoms with Crippen LogP contribution >= 0.6 is 0 Å². The molecule has 2 heterocycles. The molecule has 18 heavy (non-hydrogen) atoms. The van der Waals surface area contributed by atoms with Gasteiger partial charge >= 0.3 is 0 Å². The van der Waals surface area contributed by atoms with Gasteiger partial charge in [0.1, 0.15) is 5.41 Å². The highest BCUT2D eigenvalue weighted by molar-refractivity contribution is 5.05. The molecule has 1 unspecified atom stereocenters. The highest BCUT2D eigenvalue weighted by Gasteiger charge is 2.39. The first-order valence-electron chi connectivity index (χ1n) is 7.00. The lowest BCUT2D eigenvalue weighted by molar-refractivity contribution is -0.0891. The van der Waals surface area contributed by atoms with Gasteiger partial charge in [-0.05, 0) is 52.4 Å². The number of piperidine rings is 1. The summed E-state index contributed by atoms with van der Waals surface area (Å²) >= 11 is 0. The lowest BCUT2D eigenvalue weighted by atomic mass is 9.87. The molecule has 0 aromatic heterocycles. The number of likely N-dealkylation sites (tertiary alicyclic amines) is 1. The SMILES string of the molecule is CN1CCCC(CCN(C)CC2(C#N)COC2)C1. The van der Waals surface area contributed by atoms with E-state index in [2.05, 4.69) is 30.0 Å². The molecule has 0 aromatic rings. The Morgan fingerprint density at radius 3 is 2.83 bits per heavy atom. The molecule has 2 aliphatic heterocycles. The van der Waals surface area contributed by atoms with E-state index in [0.29, 0.717) is 13.2 Å². The molecule has 2 rings (SSSR count). The van der Waals surface area contributed by atoms with E-state index >= 15 is 0 Å². The van der Waals surface area contributed by atoms with Crippen LogP contribution in [0, 0.1) is 22.7 Å². The van der Waals surface area contributed by atoms with Crippen molar-refractivity contribution >= 4 is 0 Å². The molecular formula is C14H25N3O. The Bertz CT molecular complexity index is 309. The lowest BCUT2D eigenvalue weighted by Crippen LogP contribution is -2.49. The average molecular weight is 251 g/mol. The van der Waals surface area contributed by atoms with Crippen molar-refractivity contribution in [2.75, 3.05) is 53.5 Å². The zero-order valence-electron chi connectivity index (χ0n) is 11.7. The van der Waals surface area contributed by atoms with Crippen LogP contribution in [0.2, 0.25) is 0 Å². The molecule has 4 nitrogen and oxygen atoms in total. The molecule has 0 aromatic carbocycles. The summed E-state index contributed by atoms with van der Waals surface area (Å²) in [6.07, 6.45) is 3.95. The van der Waals surface area contributed by atoms with Crippen molar-refractivity contribution in [1.82, 2.24) is 9.80 Å². The molecule has 0 bridgehead atoms. The summed E-state index contributed by atoms with van der Waals surface area (Å²) in [4.78, 5) is 4.74. The van der Waals surface area contributed by atoms with Gasteiger partial charge in [0.25, 0.3) is 0 Å². The van der Waals surface area contributed by atoms with Crippen LogP contribution in [-0.2, 0) is 4.74 Å². The molecule has 1 atom stereocenters. The Hall–Kier alpha value is -0.630. The molecule has 2 saturated heterocycles. The van der Waals surface area contributed by atoms with Crippen LogP contribution in [0.5, 0.6) is 0 Å². The zero-order valence-corrected chi connectivity index (χ0v) is 11.7. The van der Waals surface area contributed by atoms with Gasteiger partial charge < -0.3 is 14.5 Å². The zero-order chi connectivity index (χ0) is 13.0. The van der Waals surface area contributed by atoms with Crippen molar-refractivity contribution in [2.45, 2.75) is 19.3 Å². The summed E-state index contributed by atoms with van der Waals surface area (Å²) in [5.41, 5.74) is -0.224. The first kappa shape index (κ1) is 13.8. The number of hydrogen-bond acceptors (Lipinski definition) is 4. The minimum atomic E-state index is -0.224. The standard InChI is InChI=1S/C14H25N3O/c1-16-6-3-4-13(8-16)5-7-17(2)10-14(9-15)11-18-12-14/h13H,3-8,10-12H2,1-2H3. The molecule has 102 valence electrons. The maximum absolute atomic E-state index is 9.17. The second-order valence-corrected chi connectivity index (χ2v) is 6.18. The molecule has 2 aliphatic rings. The van der Waals surface area contributed by atoms with Gasteiger partial charge in [-0.1, -0.05) is 0 Å². The highest BCUT2D eigenvalue weighted by atomic mass is 16.5. The predicted octanol–water partition coefficient (Wildman–Crippen LogP) is 1.19. The highest BCUT2D eigenvalue weighted by Crippen LogP contribution is 2.27. The van der Waals surface area contributed by atoms with E-state index in [0.717, 1.165) is 19.0 Å². The largest absolute Gasteiger partial charge is 0.378 e. The third kappa shape index (κ3) is 3.44. The van der Waals surface area contributed by atoms with Gasteiger partial charge in [0.2, 0.25) is 0 Å². The first-order chi connectivity index (χ1) is 8.63. The van der Waals surface area contributed by atoms with Crippen molar-refractivity contribution in [3.63, 3.8) is 0 Å². The summed E-state index contributed by atoms with van der Waals surface area (Å²) in [6.45, 7) is 5.66. The fraction of sp³-hybridized carbons (Fsp3) is 0.929. The maximum atomic E-state index is 9.17. The van der Waals surface area contributed by atoms with Crippen molar-refractivity contribution < 1.29 is 4.74 Å². The second kappa shape index (κ2) is 6.01. The van der Waals surface area contributed by atoms with Gasteiger partial charge in [-0.15, -0.1) is 0 Å². The van der Waals surface area contributed by atoms with E-state index in [1.807, 2.05) is 0 Å². The molecule has 0 N–H and O–H groups in total. The third-order valence-corrected chi connectivity index (χ3v) is 4.21. The number of rotatable bonds is 5. The number of hydrogen-bond donors (Lipinski definition) is 0. The number of ether oxygens (including phenoxy) is 1. The van der Waals surface area contributed by atoms with E-state index < -0.39 is 0 Å². The molecule has 0 amide bonds. The van der Waals surface area contributed by atoms with Gasteiger partial charge in [0.15, 0.2) is 0 Å². The third-order valence-electron chi connectivity index (χ3n) is 4.21. The minimum absolute atomic E-state index is 0.224. The second-order valence-electron chi connectivity index (χ2n) is 6.18. The number of nitrogens with zero attached hydrogens (tertiary/aromatic N) is 3. The fourth-order valence-electron chi connectivity index (χ4n) is 3.05. The molecule has 0 aliphatic carbocycles. The maximum Gasteiger partial charge on any atom is 0.116 e. The Kier molecular flexibility index (Phi) is 4.60. The van der Waals surface area contributed by atoms with Crippen molar-refractivity contribution in [3.05, 3.63) is 0 Å². The Balaban J connectivity index is 1.68. The van der Waals surface area contributed by atoms with Gasteiger partial charge in [-0.3, -0.25) is 0 Å². The van der Waals surface area contributed by atoms with Crippen LogP contribution < -0.4 is 0 Å². The number of nitriles is 1. The first-order valence-corrected chi connectivity index (χ1v) is 7.00. The van der Waals surface area contributed by atoms with Gasteiger partial charge in [-0.2, -0.15) is 5.26 Å². The van der Waals surface area contributed by atoms with Gasteiger partial charge in [-0.25, -0.2) is 0 Å². The van der Waals surface area contributed by atoms with Crippen molar-refractivity contribution in [2.24, 2.45) is 11.3 Å². The van der Waals surface area contributed by atoms with Crippen LogP contribution in [0.15, 0.2) is 0 Å². The van der Waals surface area contributed by atoms with Crippen LogP contribution in [0.3, 0.4) is 0 Å². The average Bonchev–Trinajstić information content (AvgIpc) is 2.31. The quantitative estimate of drug-likeness (QED) is 0.736. The summed E-state index contributed by atoms with van der Waals surface area (Å²) in [5, 5.41) is 9.17. The fourth-order valence-corrected chi connectivity index (χ4v) is 3.05. The Morgan fingerprint density at radius 2 is 2.28 bits per heavy atom. The summed E-state index contributed by atoms with van der Waals surface area (Å²) in [6, 6.07) is 2.42. The smallest absolute Gasteiger partial charge is 0.116 e. The van der Waals surface area contributed by atoms with Crippen LogP contribution in [0.25, 0.3) is 0 Å². The van der Waals surface area contributed by atoms with E-state index in [-0.39, 0.29) is 5.41 Å². The summed E-state index contributed by atoms with van der Waals surface area (Å²) in [7, 11) is 4.34. The Morgan fingerprint density at radius 1 is 1.50 bits per heavy atom. The van der Waals surface area contributed by atoms with E-state index in [1.54, 1.807) is 0 Å². The van der Waals surface area contributed by atoms with Crippen molar-refractivity contribution in [1.29, 1.82) is 5.26 Å². The van der Waals surface area contributed by atoms with E-state index in [9.17, 15) is 5.26 Å². The van der Waals surface area contributed by atoms with E-state index in [1.165, 1.54) is 32.4 Å². The molecule has 0 saturated carbocycles. The lowest BCUT2D eigenvalue weighted by Gasteiger charge is -2.38. The van der Waals surface area contributed by atoms with Crippen molar-refractivity contribution in [3.8, 4) is 6.07 Å². The monoisotopic (exact) mass is 251 g/mol. The van der Waals surface area contributed by atoms with Crippen LogP contribution in [0.4, 0.5) is 0 Å². The van der Waals surface area contributed by atoms with Crippen LogP contribution in [-0.4, -0.2) is 63.3 Å². The predicted molar refractivity (Wildman–Crippen MR) is 71.2 cm³/mol. The molecule has 2 fully saturated rings. The molecular weight excluding hydrogens is 226 g/mol. The summed E-state index contributed by atoms with van der Waals surface area (Å²) in [5.74, 6) is 0.835. The molecule has 0 radical (unpaired) electrons. The normalized spacial score (nSPS) is 27.8. The molecule has 4 heteroatoms.